The minimum Gasteiger partial charge on any atom is -0.473 e. The second kappa shape index (κ2) is 42.9. The Morgan fingerprint density at radius 1 is 1.50 bits per heavy atom. The molecule has 0 unspecified atom stereocenters. The van der Waals surface area contributed by atoms with E-state index in [-0.39, 0.29) is 41.6 Å². The van der Waals surface area contributed by atoms with Crippen molar-refractivity contribution in [1.82, 2.24) is 5.32 Å². The van der Waals surface area contributed by atoms with E-state index in [1.807, 2.05) is 20.8 Å². The molecular formula is C6H19NY-2. The molecule has 53 valence electrons. The van der Waals surface area contributed by atoms with Crippen molar-refractivity contribution in [2.45, 2.75) is 20.8 Å². The van der Waals surface area contributed by atoms with Crippen molar-refractivity contribution >= 4 is 0 Å². The normalized spacial score (nSPS) is 4.50. The van der Waals surface area contributed by atoms with Gasteiger partial charge >= 0.3 is 0 Å². The maximum absolute atomic E-state index is 3.35. The minimum atomic E-state index is 0. The summed E-state index contributed by atoms with van der Waals surface area (Å²) in [6, 6.07) is 0. The van der Waals surface area contributed by atoms with E-state index in [1.165, 1.54) is 0 Å². The molecule has 0 aromatic rings. The predicted molar refractivity (Wildman–Crippen MR) is 38.9 cm³/mol. The fraction of sp³-hybridized carbons (Fsp3) is 0.667. The van der Waals surface area contributed by atoms with Gasteiger partial charge in [-0.1, -0.05) is 20.8 Å². The summed E-state index contributed by atoms with van der Waals surface area (Å²) in [6.45, 7) is 6.97. The van der Waals surface area contributed by atoms with Crippen molar-refractivity contribution in [3.63, 3.8) is 0 Å². The molecule has 0 fully saturated rings. The molecule has 0 aromatic carbocycles. The third-order valence-electron chi connectivity index (χ3n) is 0.250. The van der Waals surface area contributed by atoms with Gasteiger partial charge in [0.15, 0.2) is 0 Å². The van der Waals surface area contributed by atoms with Crippen LogP contribution in [0.1, 0.15) is 22.2 Å². The largest absolute Gasteiger partial charge is 0.473 e. The van der Waals surface area contributed by atoms with Crippen LogP contribution in [0.3, 0.4) is 0 Å². The van der Waals surface area contributed by atoms with Crippen LogP contribution in [0, 0.1) is 14.5 Å². The van der Waals surface area contributed by atoms with Crippen LogP contribution >= 0.6 is 0 Å². The van der Waals surface area contributed by atoms with Crippen LogP contribution in [0.25, 0.3) is 0 Å². The van der Waals surface area contributed by atoms with E-state index in [1.54, 1.807) is 0 Å². The molecule has 0 heterocycles. The van der Waals surface area contributed by atoms with Crippen LogP contribution in [0.5, 0.6) is 0 Å². The van der Waals surface area contributed by atoms with Crippen LogP contribution < -0.4 is 5.32 Å². The van der Waals surface area contributed by atoms with E-state index < -0.39 is 0 Å². The van der Waals surface area contributed by atoms with Crippen molar-refractivity contribution in [1.29, 1.82) is 0 Å². The van der Waals surface area contributed by atoms with Gasteiger partial charge in [-0.15, -0.1) is 0 Å². The summed E-state index contributed by atoms with van der Waals surface area (Å²) in [5, 5.41) is 2.68. The van der Waals surface area contributed by atoms with Crippen molar-refractivity contribution in [3.8, 4) is 0 Å². The Morgan fingerprint density at radius 3 is 1.62 bits per heavy atom. The molecule has 0 amide bonds. The molecule has 1 nitrogen and oxygen atoms in total. The van der Waals surface area contributed by atoms with Gasteiger partial charge in [0.25, 0.3) is 0 Å². The first-order chi connectivity index (χ1) is 2.91. The fourth-order valence-electron chi connectivity index (χ4n) is 0. The van der Waals surface area contributed by atoms with Gasteiger partial charge in [0.05, 0.1) is 0 Å². The Hall–Kier alpha value is 1.06. The van der Waals surface area contributed by atoms with Gasteiger partial charge in [-0.25, -0.2) is 0 Å². The summed E-state index contributed by atoms with van der Waals surface area (Å²) in [5.41, 5.74) is 0. The molecule has 1 N–H and O–H groups in total. The van der Waals surface area contributed by atoms with Gasteiger partial charge in [-0.3, -0.25) is 7.05 Å². The van der Waals surface area contributed by atoms with Gasteiger partial charge in [-0.2, -0.15) is 0 Å². The zero-order chi connectivity index (χ0) is 5.41. The van der Waals surface area contributed by atoms with Crippen LogP contribution in [0.15, 0.2) is 0 Å². The van der Waals surface area contributed by atoms with E-state index in [2.05, 4.69) is 12.4 Å². The molecule has 8 heavy (non-hydrogen) atoms. The van der Waals surface area contributed by atoms with Crippen molar-refractivity contribution in [3.05, 3.63) is 14.5 Å². The average Bonchev–Trinajstić information content (AvgIpc) is 1.72. The van der Waals surface area contributed by atoms with Crippen LogP contribution in [0.4, 0.5) is 0 Å². The first kappa shape index (κ1) is 23.0. The summed E-state index contributed by atoms with van der Waals surface area (Å²) in [6.07, 6.45) is 0. The second-order valence-electron chi connectivity index (χ2n) is 0.604. The molecule has 0 aliphatic heterocycles. The van der Waals surface area contributed by atoms with E-state index in [0.29, 0.717) is 0 Å². The average molecular weight is 195 g/mol. The van der Waals surface area contributed by atoms with Gasteiger partial charge in [0, 0.05) is 34.1 Å². The Morgan fingerprint density at radius 2 is 1.62 bits per heavy atom. The third-order valence-corrected chi connectivity index (χ3v) is 0.250. The SMILES string of the molecule is CC.[2HH].[CH2-]NCC.[CH3-].[Y]. The zero-order valence-corrected chi connectivity index (χ0v) is 9.33. The number of rotatable bonds is 1. The molecule has 2 heteroatoms. The van der Waals surface area contributed by atoms with Crippen LogP contribution in [-0.2, 0) is 32.7 Å². The van der Waals surface area contributed by atoms with Gasteiger partial charge in [-0.05, 0) is 6.54 Å². The molecule has 0 aliphatic rings. The van der Waals surface area contributed by atoms with E-state index in [9.17, 15) is 0 Å². The van der Waals surface area contributed by atoms with Gasteiger partial charge in [0.1, 0.15) is 0 Å². The van der Waals surface area contributed by atoms with E-state index in [4.69, 9.17) is 0 Å². The van der Waals surface area contributed by atoms with Crippen molar-refractivity contribution < 1.29 is 34.1 Å². The second-order valence-corrected chi connectivity index (χ2v) is 0.604. The summed E-state index contributed by atoms with van der Waals surface area (Å²) >= 11 is 0. The van der Waals surface area contributed by atoms with Crippen molar-refractivity contribution in [2.24, 2.45) is 0 Å². The molecule has 1 radical (unpaired) electrons. The number of hydrogen-bond acceptors (Lipinski definition) is 1. The Balaban J connectivity index is -0.00000000990. The molecule has 0 saturated heterocycles. The van der Waals surface area contributed by atoms with E-state index in [0.717, 1.165) is 6.54 Å². The first-order valence-corrected chi connectivity index (χ1v) is 2.41. The number of hydrogen-bond donors (Lipinski definition) is 1. The first-order valence-electron chi connectivity index (χ1n) is 2.41. The molecule has 0 bridgehead atoms. The quantitative estimate of drug-likeness (QED) is 0.632. The minimum absolute atomic E-state index is 0. The summed E-state index contributed by atoms with van der Waals surface area (Å²) in [4.78, 5) is 0. The fourth-order valence-corrected chi connectivity index (χ4v) is 0. The maximum atomic E-state index is 3.35. The molecule has 0 saturated carbocycles. The van der Waals surface area contributed by atoms with E-state index >= 15 is 0 Å². The molecule has 0 aromatic heterocycles. The van der Waals surface area contributed by atoms with Gasteiger partial charge in [0.2, 0.25) is 0 Å². The van der Waals surface area contributed by atoms with Crippen LogP contribution in [-0.4, -0.2) is 6.54 Å². The Labute approximate surface area is 81.0 Å². The molecule has 0 rings (SSSR count). The van der Waals surface area contributed by atoms with Crippen molar-refractivity contribution in [2.75, 3.05) is 6.54 Å². The Bertz CT molecular complexity index is 15.0. The third kappa shape index (κ3) is 61.0. The zero-order valence-electron chi connectivity index (χ0n) is 6.49. The topological polar surface area (TPSA) is 12.0 Å². The summed E-state index contributed by atoms with van der Waals surface area (Å²) in [5.74, 6) is 0. The molecule has 0 aliphatic carbocycles. The van der Waals surface area contributed by atoms with Gasteiger partial charge < -0.3 is 12.7 Å². The van der Waals surface area contributed by atoms with Crippen LogP contribution in [0.2, 0.25) is 0 Å². The number of nitrogens with one attached hydrogen (secondary N) is 1. The predicted octanol–water partition coefficient (Wildman–Crippen LogP) is 2.11. The summed E-state index contributed by atoms with van der Waals surface area (Å²) in [7, 11) is 3.35. The monoisotopic (exact) mass is 195 g/mol. The Kier molecular flexibility index (Phi) is 123. The molecule has 0 spiro atoms. The molecule has 0 atom stereocenters. The maximum Gasteiger partial charge on any atom is 0 e. The standard InChI is InChI=1S/C3H8N.C2H6.CH3.Y.H2/c1-3-4-2;1-2;;;/h4H,2-3H2,1H3;1-2H3;1H3;;1H/q-1;;-1;;/i;;;;1+1. The summed E-state index contributed by atoms with van der Waals surface area (Å²) < 4.78 is 0. The molecular weight excluding hydrogens is 175 g/mol. The smallest absolute Gasteiger partial charge is 0 e.